The minimum absolute atomic E-state index is 0.113. The van der Waals surface area contributed by atoms with Gasteiger partial charge in [-0.3, -0.25) is 14.4 Å². The zero-order chi connectivity index (χ0) is 43.2. The van der Waals surface area contributed by atoms with Crippen molar-refractivity contribution in [3.63, 3.8) is 0 Å². The minimum atomic E-state index is -1.25. The van der Waals surface area contributed by atoms with Gasteiger partial charge in [0.05, 0.1) is 11.1 Å². The van der Waals surface area contributed by atoms with Gasteiger partial charge >= 0.3 is 35.8 Å². The van der Waals surface area contributed by atoms with Gasteiger partial charge in [0, 0.05) is 19.3 Å². The lowest BCUT2D eigenvalue weighted by atomic mass is 10.0. The molecule has 3 N–H and O–H groups in total. The maximum Gasteiger partial charge on any atom is 0.345 e. The number of benzene rings is 1. The normalized spacial score (nSPS) is 11.6. The molecule has 1 aromatic rings. The monoisotopic (exact) mass is 831 g/mol. The summed E-state index contributed by atoms with van der Waals surface area (Å²) in [6.07, 6.45) is 33.8. The van der Waals surface area contributed by atoms with Gasteiger partial charge in [0.1, 0.15) is 0 Å². The van der Waals surface area contributed by atoms with Crippen LogP contribution in [0.15, 0.2) is 24.3 Å². The number of rotatable bonds is 41. The second kappa shape index (κ2) is 37.3. The molecule has 0 amide bonds. The lowest BCUT2D eigenvalue weighted by molar-refractivity contribution is -0.147. The van der Waals surface area contributed by atoms with Crippen LogP contribution in [0.2, 0.25) is 0 Å². The molecule has 1 atom stereocenters. The van der Waals surface area contributed by atoms with E-state index in [0.717, 1.165) is 83.5 Å². The van der Waals surface area contributed by atoms with Crippen molar-refractivity contribution in [2.24, 2.45) is 0 Å². The summed E-state index contributed by atoms with van der Waals surface area (Å²) < 4.78 is 10.3. The van der Waals surface area contributed by atoms with Crippen molar-refractivity contribution in [1.82, 2.24) is 0 Å². The Morgan fingerprint density at radius 2 is 0.644 bits per heavy atom. The Morgan fingerprint density at radius 1 is 0.373 bits per heavy atom. The van der Waals surface area contributed by atoms with Crippen LogP contribution in [0, 0.1) is 0 Å². The summed E-state index contributed by atoms with van der Waals surface area (Å²) in [4.78, 5) is 70.2. The smallest absolute Gasteiger partial charge is 0.345 e. The highest BCUT2D eigenvalue weighted by Crippen LogP contribution is 2.18. The van der Waals surface area contributed by atoms with Crippen molar-refractivity contribution in [3.8, 4) is 0 Å². The first kappa shape index (κ1) is 53.3. The highest BCUT2D eigenvalue weighted by atomic mass is 16.6. The molecular formula is C48H78O11. The van der Waals surface area contributed by atoms with Crippen LogP contribution in [0.1, 0.15) is 245 Å². The molecule has 0 saturated carbocycles. The molecule has 11 heteroatoms. The SMILES string of the molecule is O=C(O)CCCCCCCCCCCCCCCCCCC(=O)OC(=O)c1ccc(C(=O)OC(CCCCCCCCCCCCCCCCCC(=O)O)C(=O)O)cc1. The number of aliphatic carboxylic acids is 3. The molecule has 0 saturated heterocycles. The molecule has 0 aliphatic carbocycles. The zero-order valence-electron chi connectivity index (χ0n) is 36.2. The summed E-state index contributed by atoms with van der Waals surface area (Å²) in [5.74, 6) is -4.75. The number of carbonyl (C=O) groups is 6. The molecular weight excluding hydrogens is 753 g/mol. The number of carbonyl (C=O) groups excluding carboxylic acids is 3. The molecule has 59 heavy (non-hydrogen) atoms. The first-order valence-electron chi connectivity index (χ1n) is 23.3. The average molecular weight is 831 g/mol. The van der Waals surface area contributed by atoms with Gasteiger partial charge in [0.15, 0.2) is 6.10 Å². The predicted molar refractivity (Wildman–Crippen MR) is 231 cm³/mol. The van der Waals surface area contributed by atoms with E-state index in [4.69, 9.17) is 19.7 Å². The third kappa shape index (κ3) is 32.7. The second-order valence-corrected chi connectivity index (χ2v) is 16.4. The highest BCUT2D eigenvalue weighted by Gasteiger charge is 2.23. The van der Waals surface area contributed by atoms with Crippen molar-refractivity contribution in [1.29, 1.82) is 0 Å². The van der Waals surface area contributed by atoms with Gasteiger partial charge in [0.25, 0.3) is 0 Å². The van der Waals surface area contributed by atoms with Crippen LogP contribution in [-0.4, -0.2) is 57.2 Å². The Labute approximate surface area is 354 Å². The standard InChI is InChI=1S/C48H78O11/c49-43(50)33-29-25-21-17-13-9-5-1-2-7-11-15-19-23-27-31-35-45(53)59-48(57)41-38-36-40(37-39-41)47(56)58-42(46(54)55)32-28-24-20-16-12-8-4-3-6-10-14-18-22-26-30-34-44(51)52/h36-39,42H,1-35H2,(H,49,50)(H,51,52)(H,54,55). The molecule has 0 aliphatic heterocycles. The number of hydrogen-bond donors (Lipinski definition) is 3. The Bertz CT molecular complexity index is 1280. The Kier molecular flexibility index (Phi) is 33.6. The van der Waals surface area contributed by atoms with Crippen LogP contribution in [0.4, 0.5) is 0 Å². The molecule has 1 unspecified atom stereocenters. The van der Waals surface area contributed by atoms with E-state index < -0.39 is 41.9 Å². The van der Waals surface area contributed by atoms with E-state index in [1.54, 1.807) is 0 Å². The summed E-state index contributed by atoms with van der Waals surface area (Å²) in [5, 5.41) is 26.9. The zero-order valence-corrected chi connectivity index (χ0v) is 36.2. The number of ether oxygens (including phenoxy) is 2. The predicted octanol–water partition coefficient (Wildman–Crippen LogP) is 12.8. The largest absolute Gasteiger partial charge is 0.481 e. The van der Waals surface area contributed by atoms with Crippen molar-refractivity contribution >= 4 is 35.8 Å². The first-order valence-corrected chi connectivity index (χ1v) is 23.3. The molecule has 0 spiro atoms. The summed E-state index contributed by atoms with van der Waals surface area (Å²) in [6, 6.07) is 5.47. The van der Waals surface area contributed by atoms with Crippen molar-refractivity contribution in [2.75, 3.05) is 0 Å². The minimum Gasteiger partial charge on any atom is -0.481 e. The molecule has 0 aliphatic rings. The summed E-state index contributed by atoms with van der Waals surface area (Å²) in [6.45, 7) is 0. The van der Waals surface area contributed by atoms with E-state index in [-0.39, 0.29) is 36.8 Å². The third-order valence-electron chi connectivity index (χ3n) is 11.0. The van der Waals surface area contributed by atoms with Gasteiger partial charge in [-0.05, 0) is 56.4 Å². The molecule has 0 bridgehead atoms. The van der Waals surface area contributed by atoms with Crippen molar-refractivity contribution in [2.45, 2.75) is 231 Å². The number of carboxylic acids is 3. The second-order valence-electron chi connectivity index (χ2n) is 16.4. The fourth-order valence-corrected chi connectivity index (χ4v) is 7.31. The van der Waals surface area contributed by atoms with Crippen LogP contribution in [0.5, 0.6) is 0 Å². The van der Waals surface area contributed by atoms with Gasteiger partial charge in [-0.15, -0.1) is 0 Å². The molecule has 0 heterocycles. The Hall–Kier alpha value is -3.76. The van der Waals surface area contributed by atoms with Crippen molar-refractivity contribution < 1.29 is 53.6 Å². The van der Waals surface area contributed by atoms with E-state index in [2.05, 4.69) is 0 Å². The average Bonchev–Trinajstić information content (AvgIpc) is 3.20. The molecule has 0 fully saturated rings. The molecule has 11 nitrogen and oxygen atoms in total. The lowest BCUT2D eigenvalue weighted by Gasteiger charge is -2.14. The molecule has 0 radical (unpaired) electrons. The van der Waals surface area contributed by atoms with Crippen LogP contribution in [0.25, 0.3) is 0 Å². The maximum atomic E-state index is 12.7. The van der Waals surface area contributed by atoms with Gasteiger partial charge in [-0.25, -0.2) is 14.4 Å². The van der Waals surface area contributed by atoms with Crippen LogP contribution >= 0.6 is 0 Å². The maximum absolute atomic E-state index is 12.7. The molecule has 1 aromatic carbocycles. The van der Waals surface area contributed by atoms with E-state index in [1.165, 1.54) is 127 Å². The van der Waals surface area contributed by atoms with Crippen LogP contribution < -0.4 is 0 Å². The lowest BCUT2D eigenvalue weighted by Crippen LogP contribution is -2.27. The number of unbranched alkanes of at least 4 members (excludes halogenated alkanes) is 29. The topological polar surface area (TPSA) is 182 Å². The van der Waals surface area contributed by atoms with Crippen LogP contribution in [0.3, 0.4) is 0 Å². The van der Waals surface area contributed by atoms with E-state index in [9.17, 15) is 33.9 Å². The number of esters is 3. The Morgan fingerprint density at radius 3 is 0.949 bits per heavy atom. The molecule has 336 valence electrons. The first-order chi connectivity index (χ1) is 28.6. The van der Waals surface area contributed by atoms with E-state index >= 15 is 0 Å². The quantitative estimate of drug-likeness (QED) is 0.0324. The Balaban J connectivity index is 2.07. The molecule has 1 rings (SSSR count). The number of carboxylic acid groups (broad SMARTS) is 3. The fraction of sp³-hybridized carbons (Fsp3) is 0.750. The fourth-order valence-electron chi connectivity index (χ4n) is 7.31. The van der Waals surface area contributed by atoms with Gasteiger partial charge in [-0.2, -0.15) is 0 Å². The summed E-state index contributed by atoms with van der Waals surface area (Å²) >= 11 is 0. The summed E-state index contributed by atoms with van der Waals surface area (Å²) in [5.41, 5.74) is 0.231. The van der Waals surface area contributed by atoms with Crippen LogP contribution in [-0.2, 0) is 28.7 Å². The number of hydrogen-bond acceptors (Lipinski definition) is 8. The third-order valence-corrected chi connectivity index (χ3v) is 11.0. The van der Waals surface area contributed by atoms with E-state index in [0.29, 0.717) is 12.8 Å². The van der Waals surface area contributed by atoms with E-state index in [1.807, 2.05) is 0 Å². The van der Waals surface area contributed by atoms with Gasteiger partial charge < -0.3 is 24.8 Å². The summed E-state index contributed by atoms with van der Waals surface area (Å²) in [7, 11) is 0. The molecule has 0 aromatic heterocycles. The van der Waals surface area contributed by atoms with Crippen molar-refractivity contribution in [3.05, 3.63) is 35.4 Å². The van der Waals surface area contributed by atoms with Gasteiger partial charge in [-0.1, -0.05) is 173 Å². The van der Waals surface area contributed by atoms with Gasteiger partial charge in [0.2, 0.25) is 0 Å². The highest BCUT2D eigenvalue weighted by molar-refractivity contribution is 5.98.